The fourth-order valence-electron chi connectivity index (χ4n) is 2.43. The largest absolute Gasteiger partial charge is 0.395 e. The molecule has 112 valence electrons. The van der Waals surface area contributed by atoms with E-state index in [0.29, 0.717) is 24.1 Å². The number of aliphatic hydroxyl groups excluding tert-OH is 1. The molecule has 0 atom stereocenters. The number of nitrogens with zero attached hydrogens (tertiary/aromatic N) is 1. The second kappa shape index (κ2) is 8.46. The van der Waals surface area contributed by atoms with Crippen molar-refractivity contribution in [1.82, 2.24) is 10.2 Å². The van der Waals surface area contributed by atoms with Crippen LogP contribution in [0, 0.1) is 11.8 Å². The molecule has 0 radical (unpaired) electrons. The molecule has 2 N–H and O–H groups in total. The lowest BCUT2D eigenvalue weighted by Crippen LogP contribution is -2.33. The van der Waals surface area contributed by atoms with Crippen molar-refractivity contribution in [2.45, 2.75) is 19.3 Å². The summed E-state index contributed by atoms with van der Waals surface area (Å²) in [6.07, 6.45) is 2.94. The highest BCUT2D eigenvalue weighted by molar-refractivity contribution is 5.96. The third-order valence-electron chi connectivity index (χ3n) is 3.54. The van der Waals surface area contributed by atoms with Gasteiger partial charge < -0.3 is 15.3 Å². The van der Waals surface area contributed by atoms with Gasteiger partial charge >= 0.3 is 0 Å². The van der Waals surface area contributed by atoms with Gasteiger partial charge in [-0.15, -0.1) is 0 Å². The van der Waals surface area contributed by atoms with E-state index in [2.05, 4.69) is 22.1 Å². The Kier molecular flexibility index (Phi) is 6.26. The number of rotatable bonds is 5. The average Bonchev–Trinajstić information content (AvgIpc) is 3.01. The van der Waals surface area contributed by atoms with E-state index < -0.39 is 0 Å². The number of amides is 1. The number of hydrogen-bond donors (Lipinski definition) is 2. The minimum atomic E-state index is -0.0805. The Morgan fingerprint density at radius 1 is 1.29 bits per heavy atom. The predicted molar refractivity (Wildman–Crippen MR) is 83.0 cm³/mol. The maximum absolute atomic E-state index is 12.2. The van der Waals surface area contributed by atoms with Crippen LogP contribution in [0.2, 0.25) is 0 Å². The number of hydrogen-bond acceptors (Lipinski definition) is 3. The number of benzene rings is 1. The fourth-order valence-corrected chi connectivity index (χ4v) is 2.43. The molecule has 1 heterocycles. The smallest absolute Gasteiger partial charge is 0.252 e. The Balaban J connectivity index is 1.90. The van der Waals surface area contributed by atoms with Crippen LogP contribution in [-0.4, -0.2) is 48.7 Å². The highest BCUT2D eigenvalue weighted by Crippen LogP contribution is 2.08. The van der Waals surface area contributed by atoms with Gasteiger partial charge in [0.2, 0.25) is 0 Å². The first kappa shape index (κ1) is 15.6. The topological polar surface area (TPSA) is 52.6 Å². The Morgan fingerprint density at radius 2 is 2.05 bits per heavy atom. The lowest BCUT2D eigenvalue weighted by Gasteiger charge is -2.15. The lowest BCUT2D eigenvalue weighted by molar-refractivity contribution is 0.0949. The van der Waals surface area contributed by atoms with Crippen molar-refractivity contribution in [1.29, 1.82) is 0 Å². The van der Waals surface area contributed by atoms with Crippen molar-refractivity contribution in [2.75, 3.05) is 32.8 Å². The first-order valence-corrected chi connectivity index (χ1v) is 7.50. The lowest BCUT2D eigenvalue weighted by atomic mass is 10.1. The van der Waals surface area contributed by atoms with Crippen molar-refractivity contribution in [2.24, 2.45) is 0 Å². The molecule has 0 unspecified atom stereocenters. The Morgan fingerprint density at radius 3 is 2.81 bits per heavy atom. The molecular formula is C17H22N2O2. The molecule has 1 aromatic rings. The van der Waals surface area contributed by atoms with Crippen molar-refractivity contribution in [3.05, 3.63) is 35.4 Å². The third-order valence-corrected chi connectivity index (χ3v) is 3.54. The van der Waals surface area contributed by atoms with E-state index in [-0.39, 0.29) is 12.5 Å². The van der Waals surface area contributed by atoms with Crippen molar-refractivity contribution < 1.29 is 9.90 Å². The van der Waals surface area contributed by atoms with Gasteiger partial charge in [0.15, 0.2) is 0 Å². The van der Waals surface area contributed by atoms with Crippen LogP contribution in [0.15, 0.2) is 24.3 Å². The molecule has 1 aliphatic rings. The standard InChI is InChI=1S/C17H22N2O2/c20-14-6-3-8-15-7-1-2-9-16(15)17(21)18-10-13-19-11-4-5-12-19/h1-2,7,9,20H,4-6,10-14H2,(H,18,21). The molecule has 0 aromatic heterocycles. The van der Waals surface area contributed by atoms with E-state index >= 15 is 0 Å². The van der Waals surface area contributed by atoms with Crippen LogP contribution in [0.5, 0.6) is 0 Å². The maximum atomic E-state index is 12.2. The average molecular weight is 286 g/mol. The molecule has 1 aromatic carbocycles. The molecule has 0 saturated carbocycles. The van der Waals surface area contributed by atoms with E-state index in [9.17, 15) is 4.79 Å². The maximum Gasteiger partial charge on any atom is 0.252 e. The molecule has 21 heavy (non-hydrogen) atoms. The van der Waals surface area contributed by atoms with Gasteiger partial charge in [-0.1, -0.05) is 24.0 Å². The highest BCUT2D eigenvalue weighted by Gasteiger charge is 2.12. The summed E-state index contributed by atoms with van der Waals surface area (Å²) >= 11 is 0. The molecule has 4 nitrogen and oxygen atoms in total. The molecule has 2 rings (SSSR count). The normalized spacial score (nSPS) is 14.5. The van der Waals surface area contributed by atoms with Gasteiger partial charge in [0, 0.05) is 25.1 Å². The van der Waals surface area contributed by atoms with Gasteiger partial charge in [-0.25, -0.2) is 0 Å². The summed E-state index contributed by atoms with van der Waals surface area (Å²) in [4.78, 5) is 14.6. The van der Waals surface area contributed by atoms with Gasteiger partial charge in [0.1, 0.15) is 0 Å². The number of likely N-dealkylation sites (tertiary alicyclic amines) is 1. The minimum absolute atomic E-state index is 0.0389. The van der Waals surface area contributed by atoms with Crippen LogP contribution in [0.25, 0.3) is 0 Å². The molecule has 1 saturated heterocycles. The summed E-state index contributed by atoms with van der Waals surface area (Å²) in [7, 11) is 0. The number of carbonyl (C=O) groups is 1. The SMILES string of the molecule is O=C(NCCN1CCCC1)c1ccccc1C#CCCO. The molecular weight excluding hydrogens is 264 g/mol. The quantitative estimate of drug-likeness (QED) is 0.801. The van der Waals surface area contributed by atoms with Gasteiger partial charge in [-0.3, -0.25) is 4.79 Å². The van der Waals surface area contributed by atoms with E-state index in [1.165, 1.54) is 12.8 Å². The van der Waals surface area contributed by atoms with E-state index in [4.69, 9.17) is 5.11 Å². The summed E-state index contributed by atoms with van der Waals surface area (Å²) < 4.78 is 0. The summed E-state index contributed by atoms with van der Waals surface area (Å²) in [6, 6.07) is 7.32. The second-order valence-electron chi connectivity index (χ2n) is 5.13. The van der Waals surface area contributed by atoms with Crippen molar-refractivity contribution in [3.63, 3.8) is 0 Å². The molecule has 1 fully saturated rings. The number of carbonyl (C=O) groups excluding carboxylic acids is 1. The van der Waals surface area contributed by atoms with Crippen molar-refractivity contribution >= 4 is 5.91 Å². The van der Waals surface area contributed by atoms with Gasteiger partial charge in [0.05, 0.1) is 12.2 Å². The van der Waals surface area contributed by atoms with Crippen LogP contribution in [0.4, 0.5) is 0 Å². The first-order valence-electron chi connectivity index (χ1n) is 7.50. The zero-order chi connectivity index (χ0) is 14.9. The second-order valence-corrected chi connectivity index (χ2v) is 5.13. The summed E-state index contributed by atoms with van der Waals surface area (Å²) in [5.74, 6) is 5.72. The van der Waals surface area contributed by atoms with Gasteiger partial charge in [-0.2, -0.15) is 0 Å². The van der Waals surface area contributed by atoms with E-state index in [1.54, 1.807) is 6.07 Å². The third kappa shape index (κ3) is 4.89. The summed E-state index contributed by atoms with van der Waals surface area (Å²) in [5.41, 5.74) is 1.31. The Hall–Kier alpha value is -1.83. The molecule has 1 amide bonds. The fraction of sp³-hybridized carbons (Fsp3) is 0.471. The van der Waals surface area contributed by atoms with E-state index in [0.717, 1.165) is 19.6 Å². The molecule has 0 aliphatic carbocycles. The van der Waals surface area contributed by atoms with Crippen molar-refractivity contribution in [3.8, 4) is 11.8 Å². The summed E-state index contributed by atoms with van der Waals surface area (Å²) in [6.45, 7) is 3.89. The molecule has 4 heteroatoms. The van der Waals surface area contributed by atoms with Crippen LogP contribution in [0.1, 0.15) is 35.2 Å². The molecule has 0 bridgehead atoms. The van der Waals surface area contributed by atoms with E-state index in [1.807, 2.05) is 18.2 Å². The highest BCUT2D eigenvalue weighted by atomic mass is 16.2. The molecule has 1 aliphatic heterocycles. The summed E-state index contributed by atoms with van der Waals surface area (Å²) in [5, 5.41) is 11.7. The number of aliphatic hydroxyl groups is 1. The zero-order valence-corrected chi connectivity index (χ0v) is 12.3. The molecule has 0 spiro atoms. The first-order chi connectivity index (χ1) is 10.3. The Labute approximate surface area is 126 Å². The van der Waals surface area contributed by atoms with Gasteiger partial charge in [0.25, 0.3) is 5.91 Å². The predicted octanol–water partition coefficient (Wildman–Crippen LogP) is 1.25. The number of nitrogens with one attached hydrogen (secondary N) is 1. The van der Waals surface area contributed by atoms with Crippen LogP contribution in [-0.2, 0) is 0 Å². The van der Waals surface area contributed by atoms with Gasteiger partial charge in [-0.05, 0) is 38.1 Å². The monoisotopic (exact) mass is 286 g/mol. The van der Waals surface area contributed by atoms with Crippen LogP contribution >= 0.6 is 0 Å². The van der Waals surface area contributed by atoms with Crippen LogP contribution in [0.3, 0.4) is 0 Å². The Bertz CT molecular complexity index is 525. The minimum Gasteiger partial charge on any atom is -0.395 e. The zero-order valence-electron chi connectivity index (χ0n) is 12.3. The van der Waals surface area contributed by atoms with Crippen LogP contribution < -0.4 is 5.32 Å².